The Hall–Kier alpha value is -2.71. The van der Waals surface area contributed by atoms with Gasteiger partial charge in [0.05, 0.1) is 28.4 Å². The summed E-state index contributed by atoms with van der Waals surface area (Å²) in [4.78, 5) is 18.6. The van der Waals surface area contributed by atoms with Gasteiger partial charge in [-0.15, -0.1) is 11.3 Å². The van der Waals surface area contributed by atoms with E-state index in [9.17, 15) is 4.79 Å². The van der Waals surface area contributed by atoms with Gasteiger partial charge in [-0.05, 0) is 36.4 Å². The summed E-state index contributed by atoms with van der Waals surface area (Å²) in [7, 11) is 1.76. The van der Waals surface area contributed by atoms with E-state index in [1.165, 1.54) is 0 Å². The Balaban J connectivity index is 1.76. The van der Waals surface area contributed by atoms with E-state index in [0.717, 1.165) is 15.2 Å². The molecule has 0 saturated carbocycles. The van der Waals surface area contributed by atoms with Crippen molar-refractivity contribution >= 4 is 27.5 Å². The molecule has 0 saturated heterocycles. The van der Waals surface area contributed by atoms with E-state index >= 15 is 0 Å². The standard InChI is InChI=1S/C17H13N3OS/c1-20(17(21)13-8-6-12(10-18)7-9-13)11-16-19-14-4-2-3-5-15(14)22-16/h2-9H,11H2,1H3. The van der Waals surface area contributed by atoms with E-state index in [1.807, 2.05) is 30.3 Å². The molecule has 108 valence electrons. The van der Waals surface area contributed by atoms with E-state index in [2.05, 4.69) is 4.98 Å². The average Bonchev–Trinajstić information content (AvgIpc) is 2.96. The van der Waals surface area contributed by atoms with Gasteiger partial charge in [-0.1, -0.05) is 12.1 Å². The van der Waals surface area contributed by atoms with Crippen molar-refractivity contribution in [2.75, 3.05) is 7.05 Å². The second-order valence-corrected chi connectivity index (χ2v) is 6.04. The van der Waals surface area contributed by atoms with Crippen LogP contribution in [0.4, 0.5) is 0 Å². The molecule has 22 heavy (non-hydrogen) atoms. The lowest BCUT2D eigenvalue weighted by Crippen LogP contribution is -2.26. The Kier molecular flexibility index (Phi) is 3.86. The zero-order valence-corrected chi connectivity index (χ0v) is 12.8. The molecule has 0 aliphatic carbocycles. The monoisotopic (exact) mass is 307 g/mol. The van der Waals surface area contributed by atoms with Crippen molar-refractivity contribution in [2.24, 2.45) is 0 Å². The first-order chi connectivity index (χ1) is 10.7. The quantitative estimate of drug-likeness (QED) is 0.745. The number of carbonyl (C=O) groups excluding carboxylic acids is 1. The van der Waals surface area contributed by atoms with Crippen molar-refractivity contribution in [3.05, 3.63) is 64.7 Å². The van der Waals surface area contributed by atoms with Crippen LogP contribution in [0.1, 0.15) is 20.9 Å². The van der Waals surface area contributed by atoms with Crippen LogP contribution in [-0.4, -0.2) is 22.8 Å². The van der Waals surface area contributed by atoms with Gasteiger partial charge in [0.25, 0.3) is 5.91 Å². The third kappa shape index (κ3) is 2.83. The summed E-state index contributed by atoms with van der Waals surface area (Å²) in [6.45, 7) is 0.470. The average molecular weight is 307 g/mol. The summed E-state index contributed by atoms with van der Waals surface area (Å²) in [5.41, 5.74) is 2.08. The van der Waals surface area contributed by atoms with Crippen LogP contribution in [-0.2, 0) is 6.54 Å². The number of thiazole rings is 1. The zero-order valence-electron chi connectivity index (χ0n) is 12.0. The van der Waals surface area contributed by atoms with Gasteiger partial charge < -0.3 is 4.90 Å². The van der Waals surface area contributed by atoms with Gasteiger partial charge in [0, 0.05) is 12.6 Å². The molecule has 0 aliphatic rings. The largest absolute Gasteiger partial charge is 0.335 e. The third-order valence-electron chi connectivity index (χ3n) is 3.32. The summed E-state index contributed by atoms with van der Waals surface area (Å²) in [6.07, 6.45) is 0. The van der Waals surface area contributed by atoms with Gasteiger partial charge in [-0.2, -0.15) is 5.26 Å². The van der Waals surface area contributed by atoms with Gasteiger partial charge >= 0.3 is 0 Å². The lowest BCUT2D eigenvalue weighted by atomic mass is 10.1. The van der Waals surface area contributed by atoms with Crippen LogP contribution in [0.3, 0.4) is 0 Å². The number of fused-ring (bicyclic) bond motifs is 1. The van der Waals surface area contributed by atoms with Crippen molar-refractivity contribution in [1.82, 2.24) is 9.88 Å². The molecule has 3 rings (SSSR count). The highest BCUT2D eigenvalue weighted by atomic mass is 32.1. The molecule has 2 aromatic carbocycles. The molecular formula is C17H13N3OS. The molecule has 1 amide bonds. The van der Waals surface area contributed by atoms with E-state index in [0.29, 0.717) is 17.7 Å². The number of benzene rings is 2. The second-order valence-electron chi connectivity index (χ2n) is 4.93. The molecule has 0 spiro atoms. The second kappa shape index (κ2) is 5.96. The molecule has 5 heteroatoms. The number of para-hydroxylation sites is 1. The van der Waals surface area contributed by atoms with Crippen molar-refractivity contribution in [1.29, 1.82) is 5.26 Å². The Morgan fingerprint density at radius 3 is 2.64 bits per heavy atom. The van der Waals surface area contributed by atoms with Crippen molar-refractivity contribution < 1.29 is 4.79 Å². The summed E-state index contributed by atoms with van der Waals surface area (Å²) in [5.74, 6) is -0.0799. The number of nitriles is 1. The molecule has 1 aromatic heterocycles. The highest BCUT2D eigenvalue weighted by Gasteiger charge is 2.14. The first-order valence-corrected chi connectivity index (χ1v) is 7.59. The fraction of sp³-hybridized carbons (Fsp3) is 0.118. The van der Waals surface area contributed by atoms with E-state index in [4.69, 9.17) is 5.26 Å². The molecule has 0 fully saturated rings. The SMILES string of the molecule is CN(Cc1nc2ccccc2s1)C(=O)c1ccc(C#N)cc1. The number of amides is 1. The topological polar surface area (TPSA) is 57.0 Å². The van der Waals surface area contributed by atoms with E-state index in [1.54, 1.807) is 47.5 Å². The van der Waals surface area contributed by atoms with Gasteiger partial charge in [0.15, 0.2) is 0 Å². The Labute approximate surface area is 132 Å². The number of hydrogen-bond acceptors (Lipinski definition) is 4. The van der Waals surface area contributed by atoms with E-state index < -0.39 is 0 Å². The fourth-order valence-corrected chi connectivity index (χ4v) is 3.19. The Morgan fingerprint density at radius 1 is 1.23 bits per heavy atom. The molecule has 0 N–H and O–H groups in total. The summed E-state index contributed by atoms with van der Waals surface area (Å²) >= 11 is 1.60. The highest BCUT2D eigenvalue weighted by molar-refractivity contribution is 7.18. The number of hydrogen-bond donors (Lipinski definition) is 0. The normalized spacial score (nSPS) is 10.4. The minimum atomic E-state index is -0.0799. The van der Waals surface area contributed by atoms with Crippen LogP contribution in [0.5, 0.6) is 0 Å². The maximum absolute atomic E-state index is 12.4. The molecule has 0 radical (unpaired) electrons. The van der Waals surface area contributed by atoms with Crippen molar-refractivity contribution in [2.45, 2.75) is 6.54 Å². The third-order valence-corrected chi connectivity index (χ3v) is 4.34. The van der Waals surface area contributed by atoms with Crippen LogP contribution in [0.15, 0.2) is 48.5 Å². The molecule has 3 aromatic rings. The predicted octanol–water partition coefficient (Wildman–Crippen LogP) is 3.44. The van der Waals surface area contributed by atoms with Crippen LogP contribution in [0.2, 0.25) is 0 Å². The van der Waals surface area contributed by atoms with Crippen molar-refractivity contribution in [3.63, 3.8) is 0 Å². The summed E-state index contributed by atoms with van der Waals surface area (Å²) in [6, 6.07) is 16.6. The maximum Gasteiger partial charge on any atom is 0.253 e. The smallest absolute Gasteiger partial charge is 0.253 e. The number of rotatable bonds is 3. The molecule has 1 heterocycles. The van der Waals surface area contributed by atoms with Crippen LogP contribution in [0, 0.1) is 11.3 Å². The van der Waals surface area contributed by atoms with Crippen LogP contribution in [0.25, 0.3) is 10.2 Å². The van der Waals surface area contributed by atoms with Gasteiger partial charge in [0.1, 0.15) is 5.01 Å². The molecule has 0 aliphatic heterocycles. The Morgan fingerprint density at radius 2 is 1.95 bits per heavy atom. The lowest BCUT2D eigenvalue weighted by Gasteiger charge is -2.15. The van der Waals surface area contributed by atoms with E-state index in [-0.39, 0.29) is 5.91 Å². The van der Waals surface area contributed by atoms with Crippen LogP contribution < -0.4 is 0 Å². The number of aromatic nitrogens is 1. The fourth-order valence-electron chi connectivity index (χ4n) is 2.17. The first-order valence-electron chi connectivity index (χ1n) is 6.77. The van der Waals surface area contributed by atoms with Crippen LogP contribution >= 0.6 is 11.3 Å². The molecule has 4 nitrogen and oxygen atoms in total. The van der Waals surface area contributed by atoms with Gasteiger partial charge in [-0.3, -0.25) is 4.79 Å². The number of carbonyl (C=O) groups is 1. The van der Waals surface area contributed by atoms with Gasteiger partial charge in [0.2, 0.25) is 0 Å². The minimum Gasteiger partial charge on any atom is -0.335 e. The lowest BCUT2D eigenvalue weighted by molar-refractivity contribution is 0.0785. The maximum atomic E-state index is 12.4. The van der Waals surface area contributed by atoms with Crippen molar-refractivity contribution in [3.8, 4) is 6.07 Å². The zero-order chi connectivity index (χ0) is 15.5. The Bertz CT molecular complexity index is 828. The minimum absolute atomic E-state index is 0.0799. The first kappa shape index (κ1) is 14.2. The molecular weight excluding hydrogens is 294 g/mol. The summed E-state index contributed by atoms with van der Waals surface area (Å²) < 4.78 is 1.12. The summed E-state index contributed by atoms with van der Waals surface area (Å²) in [5, 5.41) is 9.70. The predicted molar refractivity (Wildman–Crippen MR) is 86.6 cm³/mol. The number of nitrogens with zero attached hydrogens (tertiary/aromatic N) is 3. The molecule has 0 unspecified atom stereocenters. The highest BCUT2D eigenvalue weighted by Crippen LogP contribution is 2.22. The van der Waals surface area contributed by atoms with Gasteiger partial charge in [-0.25, -0.2) is 4.98 Å². The molecule has 0 bridgehead atoms. The molecule has 0 atom stereocenters.